The van der Waals surface area contributed by atoms with Crippen LogP contribution in [0.5, 0.6) is 17.2 Å². The summed E-state index contributed by atoms with van der Waals surface area (Å²) in [7, 11) is 4.74. The van der Waals surface area contributed by atoms with E-state index in [1.807, 2.05) is 37.3 Å². The summed E-state index contributed by atoms with van der Waals surface area (Å²) >= 11 is 0. The quantitative estimate of drug-likeness (QED) is 0.583. The number of aromatic nitrogens is 2. The summed E-state index contributed by atoms with van der Waals surface area (Å²) in [5.41, 5.74) is 4.04. The third-order valence-electron chi connectivity index (χ3n) is 4.50. The van der Waals surface area contributed by atoms with Gasteiger partial charge in [-0.1, -0.05) is 24.3 Å². The standard InChI is InChI=1S/C22H26N4O3/c1-14-8-6-7-9-16(14)13-23-20-10-15(2)24-22(26-20)25-17-11-18(27-3)21(29-5)19(12-17)28-4/h6-12H,13H2,1-5H3,(H2,23,24,25,26). The van der Waals surface area contributed by atoms with Crippen molar-refractivity contribution in [3.05, 3.63) is 59.3 Å². The minimum Gasteiger partial charge on any atom is -0.493 e. The van der Waals surface area contributed by atoms with Gasteiger partial charge >= 0.3 is 0 Å². The lowest BCUT2D eigenvalue weighted by atomic mass is 10.1. The van der Waals surface area contributed by atoms with Crippen LogP contribution in [0.4, 0.5) is 17.5 Å². The van der Waals surface area contributed by atoms with Crippen molar-refractivity contribution in [2.45, 2.75) is 20.4 Å². The Morgan fingerprint density at radius 1 is 0.862 bits per heavy atom. The first-order valence-electron chi connectivity index (χ1n) is 9.25. The Kier molecular flexibility index (Phi) is 6.39. The molecule has 0 aliphatic rings. The van der Waals surface area contributed by atoms with Crippen molar-refractivity contribution < 1.29 is 14.2 Å². The van der Waals surface area contributed by atoms with Crippen LogP contribution in [0.1, 0.15) is 16.8 Å². The van der Waals surface area contributed by atoms with Gasteiger partial charge in [0, 0.05) is 36.1 Å². The van der Waals surface area contributed by atoms with Crippen LogP contribution < -0.4 is 24.8 Å². The minimum atomic E-state index is 0.478. The number of nitrogens with one attached hydrogen (secondary N) is 2. The summed E-state index contributed by atoms with van der Waals surface area (Å²) in [5.74, 6) is 2.87. The van der Waals surface area contributed by atoms with Crippen molar-refractivity contribution in [3.8, 4) is 17.2 Å². The number of benzene rings is 2. The predicted octanol–water partition coefficient (Wildman–Crippen LogP) is 4.47. The topological polar surface area (TPSA) is 77.5 Å². The fourth-order valence-corrected chi connectivity index (χ4v) is 2.99. The number of nitrogens with zero attached hydrogens (tertiary/aromatic N) is 2. The molecule has 0 saturated heterocycles. The summed E-state index contributed by atoms with van der Waals surface area (Å²) in [6.45, 7) is 4.72. The number of ether oxygens (including phenoxy) is 3. The normalized spacial score (nSPS) is 10.4. The second-order valence-electron chi connectivity index (χ2n) is 6.54. The van der Waals surface area contributed by atoms with E-state index >= 15 is 0 Å². The number of methoxy groups -OCH3 is 3. The lowest BCUT2D eigenvalue weighted by molar-refractivity contribution is 0.324. The van der Waals surface area contributed by atoms with E-state index in [0.29, 0.717) is 29.7 Å². The van der Waals surface area contributed by atoms with Crippen molar-refractivity contribution >= 4 is 17.5 Å². The Morgan fingerprint density at radius 3 is 2.17 bits per heavy atom. The monoisotopic (exact) mass is 394 g/mol. The Balaban J connectivity index is 1.82. The lowest BCUT2D eigenvalue weighted by Crippen LogP contribution is -2.06. The highest BCUT2D eigenvalue weighted by Gasteiger charge is 2.14. The van der Waals surface area contributed by atoms with Crippen LogP contribution >= 0.6 is 0 Å². The first-order chi connectivity index (χ1) is 14.0. The van der Waals surface area contributed by atoms with Crippen LogP contribution in [0, 0.1) is 13.8 Å². The number of aryl methyl sites for hydroxylation is 2. The van der Waals surface area contributed by atoms with Gasteiger partial charge in [-0.25, -0.2) is 4.98 Å². The Hall–Kier alpha value is -3.48. The molecule has 0 fully saturated rings. The van der Waals surface area contributed by atoms with E-state index in [9.17, 15) is 0 Å². The average molecular weight is 394 g/mol. The van der Waals surface area contributed by atoms with Crippen LogP contribution in [0.25, 0.3) is 0 Å². The smallest absolute Gasteiger partial charge is 0.229 e. The van der Waals surface area contributed by atoms with Gasteiger partial charge in [-0.3, -0.25) is 0 Å². The zero-order valence-corrected chi connectivity index (χ0v) is 17.4. The van der Waals surface area contributed by atoms with Gasteiger partial charge in [0.25, 0.3) is 0 Å². The van der Waals surface area contributed by atoms with E-state index in [4.69, 9.17) is 14.2 Å². The van der Waals surface area contributed by atoms with E-state index in [1.54, 1.807) is 21.3 Å². The van der Waals surface area contributed by atoms with Crippen molar-refractivity contribution in [1.82, 2.24) is 9.97 Å². The maximum Gasteiger partial charge on any atom is 0.229 e. The molecule has 0 unspecified atom stereocenters. The highest BCUT2D eigenvalue weighted by atomic mass is 16.5. The van der Waals surface area contributed by atoms with E-state index < -0.39 is 0 Å². The highest BCUT2D eigenvalue weighted by molar-refractivity contribution is 5.66. The van der Waals surface area contributed by atoms with E-state index in [1.165, 1.54) is 11.1 Å². The fourth-order valence-electron chi connectivity index (χ4n) is 2.99. The molecule has 7 heteroatoms. The van der Waals surface area contributed by atoms with Crippen molar-refractivity contribution in [2.24, 2.45) is 0 Å². The second-order valence-corrected chi connectivity index (χ2v) is 6.54. The van der Waals surface area contributed by atoms with Crippen molar-refractivity contribution in [3.63, 3.8) is 0 Å². The molecule has 0 atom stereocenters. The number of hydrogen-bond donors (Lipinski definition) is 2. The molecule has 152 valence electrons. The maximum atomic E-state index is 5.41. The summed E-state index contributed by atoms with van der Waals surface area (Å²) in [6.07, 6.45) is 0. The van der Waals surface area contributed by atoms with Crippen LogP contribution in [-0.4, -0.2) is 31.3 Å². The van der Waals surface area contributed by atoms with Crippen LogP contribution in [0.2, 0.25) is 0 Å². The van der Waals surface area contributed by atoms with Crippen LogP contribution in [-0.2, 0) is 6.54 Å². The van der Waals surface area contributed by atoms with Gasteiger partial charge in [-0.15, -0.1) is 0 Å². The molecular formula is C22H26N4O3. The zero-order valence-electron chi connectivity index (χ0n) is 17.4. The molecule has 0 aliphatic heterocycles. The predicted molar refractivity (Wildman–Crippen MR) is 115 cm³/mol. The molecule has 29 heavy (non-hydrogen) atoms. The molecule has 2 aromatic carbocycles. The third kappa shape index (κ3) is 4.87. The third-order valence-corrected chi connectivity index (χ3v) is 4.50. The van der Waals surface area contributed by atoms with Gasteiger partial charge < -0.3 is 24.8 Å². The van der Waals surface area contributed by atoms with Gasteiger partial charge in [0.15, 0.2) is 11.5 Å². The molecule has 0 spiro atoms. The largest absolute Gasteiger partial charge is 0.493 e. The molecule has 1 heterocycles. The first-order valence-corrected chi connectivity index (χ1v) is 9.25. The lowest BCUT2D eigenvalue weighted by Gasteiger charge is -2.15. The maximum absolute atomic E-state index is 5.41. The number of rotatable bonds is 8. The fraction of sp³-hybridized carbons (Fsp3) is 0.273. The molecule has 3 aromatic rings. The van der Waals surface area contributed by atoms with Crippen molar-refractivity contribution in [1.29, 1.82) is 0 Å². The first kappa shape index (κ1) is 20.3. The SMILES string of the molecule is COc1cc(Nc2nc(C)cc(NCc3ccccc3C)n2)cc(OC)c1OC. The molecular weight excluding hydrogens is 368 g/mol. The Labute approximate surface area is 171 Å². The molecule has 0 radical (unpaired) electrons. The minimum absolute atomic E-state index is 0.478. The molecule has 7 nitrogen and oxygen atoms in total. The average Bonchev–Trinajstić information content (AvgIpc) is 2.72. The Morgan fingerprint density at radius 2 is 1.55 bits per heavy atom. The molecule has 0 amide bonds. The van der Waals surface area contributed by atoms with Gasteiger partial charge in [-0.05, 0) is 25.0 Å². The summed E-state index contributed by atoms with van der Waals surface area (Å²) in [6, 6.07) is 13.8. The molecule has 0 saturated carbocycles. The molecule has 0 aliphatic carbocycles. The molecule has 1 aromatic heterocycles. The molecule has 0 bridgehead atoms. The van der Waals surface area contributed by atoms with E-state index in [-0.39, 0.29) is 0 Å². The second kappa shape index (κ2) is 9.14. The van der Waals surface area contributed by atoms with Gasteiger partial charge in [0.2, 0.25) is 11.7 Å². The Bertz CT molecular complexity index is 967. The van der Waals surface area contributed by atoms with Crippen LogP contribution in [0.15, 0.2) is 42.5 Å². The molecule has 3 rings (SSSR count). The number of anilines is 3. The van der Waals surface area contributed by atoms with Gasteiger partial charge in [-0.2, -0.15) is 4.98 Å². The van der Waals surface area contributed by atoms with Crippen LogP contribution in [0.3, 0.4) is 0 Å². The summed E-state index contributed by atoms with van der Waals surface area (Å²) in [4.78, 5) is 9.06. The van der Waals surface area contributed by atoms with E-state index in [2.05, 4.69) is 39.7 Å². The van der Waals surface area contributed by atoms with Gasteiger partial charge in [0.05, 0.1) is 21.3 Å². The summed E-state index contributed by atoms with van der Waals surface area (Å²) < 4.78 is 16.2. The van der Waals surface area contributed by atoms with Gasteiger partial charge in [0.1, 0.15) is 5.82 Å². The summed E-state index contributed by atoms with van der Waals surface area (Å²) in [5, 5.41) is 6.59. The number of hydrogen-bond acceptors (Lipinski definition) is 7. The highest BCUT2D eigenvalue weighted by Crippen LogP contribution is 2.40. The zero-order chi connectivity index (χ0) is 20.8. The van der Waals surface area contributed by atoms with E-state index in [0.717, 1.165) is 17.2 Å². The molecule has 2 N–H and O–H groups in total. The van der Waals surface area contributed by atoms with Crippen molar-refractivity contribution in [2.75, 3.05) is 32.0 Å².